The first-order valence-corrected chi connectivity index (χ1v) is 5.01. The zero-order valence-corrected chi connectivity index (χ0v) is 9.17. The molecule has 0 saturated carbocycles. The van der Waals surface area contributed by atoms with E-state index in [1.54, 1.807) is 6.07 Å². The Morgan fingerprint density at radius 2 is 2.22 bits per heavy atom. The van der Waals surface area contributed by atoms with Gasteiger partial charge in [-0.2, -0.15) is 0 Å². The monoisotopic (exact) mass is 251 g/mol. The van der Waals surface area contributed by atoms with Gasteiger partial charge in [-0.05, 0) is 17.3 Å². The first-order chi connectivity index (χ1) is 8.76. The fraction of sp³-hybridized carbons (Fsp3) is 0.100. The summed E-state index contributed by atoms with van der Waals surface area (Å²) in [4.78, 5) is 3.89. The standard InChI is InChI=1S/C10H10FN5O2/c11-6-3-1-2-4-7(6)13-10(14-17)9-8(5-12)15-18-16-9/h1-4,17H,5,12H2,(H,13,14). The van der Waals surface area contributed by atoms with Crippen molar-refractivity contribution < 1.29 is 14.2 Å². The van der Waals surface area contributed by atoms with Gasteiger partial charge in [0, 0.05) is 6.54 Å². The molecule has 94 valence electrons. The highest BCUT2D eigenvalue weighted by Gasteiger charge is 2.15. The molecule has 0 saturated heterocycles. The molecule has 0 atom stereocenters. The fourth-order valence-electron chi connectivity index (χ4n) is 1.31. The first kappa shape index (κ1) is 12.1. The van der Waals surface area contributed by atoms with Gasteiger partial charge in [0.15, 0.2) is 11.5 Å². The van der Waals surface area contributed by atoms with Crippen molar-refractivity contribution >= 4 is 11.5 Å². The fourth-order valence-corrected chi connectivity index (χ4v) is 1.31. The molecule has 1 aromatic heterocycles. The topological polar surface area (TPSA) is 110 Å². The Balaban J connectivity index is 2.43. The van der Waals surface area contributed by atoms with E-state index in [0.717, 1.165) is 0 Å². The first-order valence-electron chi connectivity index (χ1n) is 5.01. The lowest BCUT2D eigenvalue weighted by atomic mass is 10.3. The van der Waals surface area contributed by atoms with Gasteiger partial charge in [-0.1, -0.05) is 17.3 Å². The van der Waals surface area contributed by atoms with Crippen molar-refractivity contribution in [1.82, 2.24) is 15.8 Å². The van der Waals surface area contributed by atoms with Crippen molar-refractivity contribution in [1.29, 1.82) is 0 Å². The van der Waals surface area contributed by atoms with Gasteiger partial charge in [-0.3, -0.25) is 10.7 Å². The smallest absolute Gasteiger partial charge is 0.182 e. The van der Waals surface area contributed by atoms with Crippen molar-refractivity contribution in [2.24, 2.45) is 10.7 Å². The van der Waals surface area contributed by atoms with E-state index in [1.165, 1.54) is 18.2 Å². The number of rotatable bonds is 3. The lowest BCUT2D eigenvalue weighted by Gasteiger charge is -2.02. The van der Waals surface area contributed by atoms with E-state index in [-0.39, 0.29) is 23.8 Å². The number of hydrogen-bond donors (Lipinski definition) is 3. The summed E-state index contributed by atoms with van der Waals surface area (Å²) in [5, 5.41) is 16.1. The highest BCUT2D eigenvalue weighted by atomic mass is 19.1. The second-order valence-electron chi connectivity index (χ2n) is 3.29. The average Bonchev–Trinajstić information content (AvgIpc) is 2.86. The Hall–Kier alpha value is -2.32. The molecule has 2 rings (SSSR count). The second kappa shape index (κ2) is 5.34. The summed E-state index contributed by atoms with van der Waals surface area (Å²) in [6.45, 7) is 0.0524. The van der Waals surface area contributed by atoms with Gasteiger partial charge in [-0.25, -0.2) is 14.0 Å². The molecule has 4 N–H and O–H groups in total. The zero-order chi connectivity index (χ0) is 13.0. The number of nitrogens with two attached hydrogens (primary N) is 1. The number of hydrogen-bond acceptors (Lipinski definition) is 6. The molecule has 0 radical (unpaired) electrons. The number of para-hydroxylation sites is 1. The van der Waals surface area contributed by atoms with Crippen LogP contribution in [0.2, 0.25) is 0 Å². The molecular formula is C10H10FN5O2. The van der Waals surface area contributed by atoms with Crippen LogP contribution in [0.1, 0.15) is 11.4 Å². The van der Waals surface area contributed by atoms with E-state index in [0.29, 0.717) is 5.69 Å². The lowest BCUT2D eigenvalue weighted by molar-refractivity contribution is 0.233. The van der Waals surface area contributed by atoms with Crippen LogP contribution in [-0.2, 0) is 6.54 Å². The molecule has 0 unspecified atom stereocenters. The van der Waals surface area contributed by atoms with E-state index in [9.17, 15) is 4.39 Å². The SMILES string of the molecule is NCc1nonc1C(=Nc1ccccc1F)NO. The molecule has 0 aliphatic heterocycles. The third kappa shape index (κ3) is 2.34. The Morgan fingerprint density at radius 3 is 2.89 bits per heavy atom. The van der Waals surface area contributed by atoms with Crippen LogP contribution in [0.15, 0.2) is 33.9 Å². The van der Waals surface area contributed by atoms with Crippen molar-refractivity contribution in [2.75, 3.05) is 0 Å². The Kier molecular flexibility index (Phi) is 3.60. The highest BCUT2D eigenvalue weighted by Crippen LogP contribution is 2.17. The maximum Gasteiger partial charge on any atom is 0.182 e. The highest BCUT2D eigenvalue weighted by molar-refractivity contribution is 5.98. The number of halogens is 1. The number of hydroxylamine groups is 1. The van der Waals surface area contributed by atoms with E-state index >= 15 is 0 Å². The molecule has 8 heteroatoms. The zero-order valence-electron chi connectivity index (χ0n) is 9.17. The van der Waals surface area contributed by atoms with Gasteiger partial charge in [0.1, 0.15) is 17.2 Å². The van der Waals surface area contributed by atoms with Gasteiger partial charge in [0.25, 0.3) is 0 Å². The Labute approximate surface area is 101 Å². The number of nitrogens with zero attached hydrogens (tertiary/aromatic N) is 3. The minimum atomic E-state index is -0.531. The summed E-state index contributed by atoms with van der Waals surface area (Å²) in [5.41, 5.74) is 7.70. The Morgan fingerprint density at radius 1 is 1.44 bits per heavy atom. The van der Waals surface area contributed by atoms with Crippen LogP contribution >= 0.6 is 0 Å². The van der Waals surface area contributed by atoms with Crippen LogP contribution in [0.25, 0.3) is 0 Å². The summed E-state index contributed by atoms with van der Waals surface area (Å²) in [6, 6.07) is 5.84. The number of aromatic nitrogens is 2. The molecule has 2 aromatic rings. The summed E-state index contributed by atoms with van der Waals surface area (Å²) in [6.07, 6.45) is 0. The van der Waals surface area contributed by atoms with Gasteiger partial charge >= 0.3 is 0 Å². The second-order valence-corrected chi connectivity index (χ2v) is 3.29. The number of aliphatic imine (C=N–C) groups is 1. The Bertz CT molecular complexity index is 569. The molecular weight excluding hydrogens is 241 g/mol. The maximum absolute atomic E-state index is 13.4. The van der Waals surface area contributed by atoms with E-state index in [4.69, 9.17) is 10.9 Å². The van der Waals surface area contributed by atoms with Crippen molar-refractivity contribution in [2.45, 2.75) is 6.54 Å². The van der Waals surface area contributed by atoms with Gasteiger partial charge in [0.05, 0.1) is 0 Å². The summed E-state index contributed by atoms with van der Waals surface area (Å²) >= 11 is 0. The third-order valence-corrected chi connectivity index (χ3v) is 2.16. The lowest BCUT2D eigenvalue weighted by Crippen LogP contribution is -2.22. The van der Waals surface area contributed by atoms with E-state index in [1.807, 2.05) is 5.48 Å². The van der Waals surface area contributed by atoms with Gasteiger partial charge in [-0.15, -0.1) is 0 Å². The van der Waals surface area contributed by atoms with Crippen LogP contribution in [0, 0.1) is 5.82 Å². The molecule has 1 aromatic carbocycles. The number of amidine groups is 1. The molecule has 1 heterocycles. The summed E-state index contributed by atoms with van der Waals surface area (Å²) in [5.74, 6) is -0.627. The minimum absolute atomic E-state index is 0.0417. The molecule has 0 bridgehead atoms. The van der Waals surface area contributed by atoms with E-state index < -0.39 is 5.82 Å². The van der Waals surface area contributed by atoms with Crippen LogP contribution in [-0.4, -0.2) is 21.4 Å². The largest absolute Gasteiger partial charge is 0.325 e. The predicted molar refractivity (Wildman–Crippen MR) is 59.7 cm³/mol. The molecule has 0 amide bonds. The number of benzene rings is 1. The molecule has 18 heavy (non-hydrogen) atoms. The van der Waals surface area contributed by atoms with Crippen LogP contribution in [0.5, 0.6) is 0 Å². The van der Waals surface area contributed by atoms with E-state index in [2.05, 4.69) is 19.9 Å². The van der Waals surface area contributed by atoms with Crippen LogP contribution < -0.4 is 11.2 Å². The van der Waals surface area contributed by atoms with Crippen molar-refractivity contribution in [3.8, 4) is 0 Å². The molecule has 0 aliphatic carbocycles. The average molecular weight is 251 g/mol. The molecule has 0 aliphatic rings. The van der Waals surface area contributed by atoms with Crippen LogP contribution in [0.3, 0.4) is 0 Å². The summed E-state index contributed by atoms with van der Waals surface area (Å²) < 4.78 is 17.9. The summed E-state index contributed by atoms with van der Waals surface area (Å²) in [7, 11) is 0. The van der Waals surface area contributed by atoms with Crippen LogP contribution in [0.4, 0.5) is 10.1 Å². The van der Waals surface area contributed by atoms with Gasteiger partial charge in [0.2, 0.25) is 0 Å². The maximum atomic E-state index is 13.4. The van der Waals surface area contributed by atoms with Crippen molar-refractivity contribution in [3.05, 3.63) is 41.5 Å². The van der Waals surface area contributed by atoms with Crippen molar-refractivity contribution in [3.63, 3.8) is 0 Å². The quantitative estimate of drug-likeness (QED) is 0.421. The molecule has 0 fully saturated rings. The molecule has 7 nitrogen and oxygen atoms in total. The molecule has 0 spiro atoms. The number of nitrogens with one attached hydrogen (secondary N) is 1. The predicted octanol–water partition coefficient (Wildman–Crippen LogP) is 0.725. The third-order valence-electron chi connectivity index (χ3n) is 2.16. The van der Waals surface area contributed by atoms with Gasteiger partial charge < -0.3 is 5.73 Å². The minimum Gasteiger partial charge on any atom is -0.325 e. The normalized spacial score (nSPS) is 11.6.